The van der Waals surface area contributed by atoms with Crippen LogP contribution in [0.5, 0.6) is 0 Å². The molecule has 27 heavy (non-hydrogen) atoms. The number of imidazole rings is 1. The zero-order valence-corrected chi connectivity index (χ0v) is 16.6. The third kappa shape index (κ3) is 3.98. The molecule has 3 aromatic rings. The smallest absolute Gasteiger partial charge is 0.153 e. The summed E-state index contributed by atoms with van der Waals surface area (Å²) in [6, 6.07) is 6.17. The molecule has 0 spiro atoms. The van der Waals surface area contributed by atoms with Crippen LogP contribution < -0.4 is 4.90 Å². The molecule has 0 atom stereocenters. The summed E-state index contributed by atoms with van der Waals surface area (Å²) >= 11 is 0. The SMILES string of the molecule is Cc1cc(CN2CCCN(c3ccc4nc(C(C)(C)C)cn4n3)CC2)no1. The second-order valence-electron chi connectivity index (χ2n) is 8.42. The van der Waals surface area contributed by atoms with Gasteiger partial charge in [-0.2, -0.15) is 0 Å². The van der Waals surface area contributed by atoms with Crippen molar-refractivity contribution in [3.63, 3.8) is 0 Å². The van der Waals surface area contributed by atoms with Crippen molar-refractivity contribution in [2.45, 2.75) is 46.1 Å². The molecule has 3 aromatic heterocycles. The lowest BCUT2D eigenvalue weighted by Crippen LogP contribution is -2.31. The Morgan fingerprint density at radius 3 is 2.70 bits per heavy atom. The van der Waals surface area contributed by atoms with E-state index in [1.165, 1.54) is 0 Å². The zero-order valence-electron chi connectivity index (χ0n) is 16.6. The Kier molecular flexibility index (Phi) is 4.63. The number of fused-ring (bicyclic) bond motifs is 1. The molecular weight excluding hydrogens is 340 g/mol. The molecule has 0 aromatic carbocycles. The largest absolute Gasteiger partial charge is 0.361 e. The fourth-order valence-electron chi connectivity index (χ4n) is 3.48. The molecule has 0 radical (unpaired) electrons. The molecule has 0 unspecified atom stereocenters. The first-order valence-corrected chi connectivity index (χ1v) is 9.65. The van der Waals surface area contributed by atoms with E-state index in [9.17, 15) is 0 Å². The summed E-state index contributed by atoms with van der Waals surface area (Å²) in [6.07, 6.45) is 3.16. The first-order chi connectivity index (χ1) is 12.9. The fraction of sp³-hybridized carbons (Fsp3) is 0.550. The highest BCUT2D eigenvalue weighted by atomic mass is 16.5. The van der Waals surface area contributed by atoms with Crippen molar-refractivity contribution in [1.82, 2.24) is 24.7 Å². The van der Waals surface area contributed by atoms with Crippen LogP contribution in [0.3, 0.4) is 0 Å². The highest BCUT2D eigenvalue weighted by Gasteiger charge is 2.20. The molecule has 0 amide bonds. The van der Waals surface area contributed by atoms with Crippen LogP contribution in [0.4, 0.5) is 5.82 Å². The topological polar surface area (TPSA) is 62.7 Å². The molecular formula is C20H28N6O. The van der Waals surface area contributed by atoms with E-state index in [2.05, 4.69) is 54.1 Å². The summed E-state index contributed by atoms with van der Waals surface area (Å²) < 4.78 is 7.10. The van der Waals surface area contributed by atoms with Gasteiger partial charge in [0, 0.05) is 44.2 Å². The number of rotatable bonds is 3. The Balaban J connectivity index is 1.47. The maximum absolute atomic E-state index is 5.19. The van der Waals surface area contributed by atoms with Crippen LogP contribution in [0.2, 0.25) is 0 Å². The normalized spacial score (nSPS) is 16.8. The zero-order chi connectivity index (χ0) is 19.0. The van der Waals surface area contributed by atoms with E-state index in [1.54, 1.807) is 0 Å². The standard InChI is InChI=1S/C20H28N6O/c1-15-12-16(23-27-15)13-24-8-5-9-25(11-10-24)19-7-6-18-21-17(20(2,3)4)14-26(18)22-19/h6-7,12,14H,5,8-11,13H2,1-4H3. The molecule has 1 aliphatic heterocycles. The third-order valence-electron chi connectivity index (χ3n) is 5.05. The first-order valence-electron chi connectivity index (χ1n) is 9.65. The van der Waals surface area contributed by atoms with Gasteiger partial charge in [-0.1, -0.05) is 25.9 Å². The molecule has 1 aliphatic rings. The molecule has 0 N–H and O–H groups in total. The van der Waals surface area contributed by atoms with Crippen LogP contribution in [0.25, 0.3) is 5.65 Å². The van der Waals surface area contributed by atoms with Crippen LogP contribution in [-0.4, -0.2) is 50.8 Å². The monoisotopic (exact) mass is 368 g/mol. The number of aryl methyl sites for hydroxylation is 1. The quantitative estimate of drug-likeness (QED) is 0.708. The predicted molar refractivity (Wildman–Crippen MR) is 105 cm³/mol. The van der Waals surface area contributed by atoms with Crippen molar-refractivity contribution in [1.29, 1.82) is 0 Å². The third-order valence-corrected chi connectivity index (χ3v) is 5.05. The highest BCUT2D eigenvalue weighted by molar-refractivity contribution is 5.47. The summed E-state index contributed by atoms with van der Waals surface area (Å²) in [5.41, 5.74) is 3.00. The van der Waals surface area contributed by atoms with E-state index in [1.807, 2.05) is 17.5 Å². The van der Waals surface area contributed by atoms with Gasteiger partial charge in [0.2, 0.25) is 0 Å². The van der Waals surface area contributed by atoms with Gasteiger partial charge in [-0.25, -0.2) is 9.50 Å². The maximum Gasteiger partial charge on any atom is 0.153 e. The van der Waals surface area contributed by atoms with Crippen LogP contribution >= 0.6 is 0 Å². The molecule has 4 rings (SSSR count). The van der Waals surface area contributed by atoms with E-state index in [-0.39, 0.29) is 5.41 Å². The minimum Gasteiger partial charge on any atom is -0.361 e. The molecule has 0 aliphatic carbocycles. The fourth-order valence-corrected chi connectivity index (χ4v) is 3.48. The Hall–Kier alpha value is -2.41. The molecule has 7 nitrogen and oxygen atoms in total. The van der Waals surface area contributed by atoms with Crippen LogP contribution in [0.15, 0.2) is 28.9 Å². The maximum atomic E-state index is 5.19. The van der Waals surface area contributed by atoms with Gasteiger partial charge in [-0.15, -0.1) is 5.10 Å². The summed E-state index contributed by atoms with van der Waals surface area (Å²) in [7, 11) is 0. The van der Waals surface area contributed by atoms with Gasteiger partial charge in [-0.3, -0.25) is 4.90 Å². The van der Waals surface area contributed by atoms with Gasteiger partial charge in [0.25, 0.3) is 0 Å². The Morgan fingerprint density at radius 2 is 1.96 bits per heavy atom. The van der Waals surface area contributed by atoms with E-state index in [4.69, 9.17) is 14.6 Å². The average Bonchev–Trinajstić information content (AvgIpc) is 3.15. The van der Waals surface area contributed by atoms with Gasteiger partial charge < -0.3 is 9.42 Å². The number of nitrogens with zero attached hydrogens (tertiary/aromatic N) is 6. The molecule has 1 fully saturated rings. The Morgan fingerprint density at radius 1 is 1.11 bits per heavy atom. The average molecular weight is 368 g/mol. The van der Waals surface area contributed by atoms with Crippen molar-refractivity contribution in [2.24, 2.45) is 0 Å². The van der Waals surface area contributed by atoms with Gasteiger partial charge in [0.15, 0.2) is 5.65 Å². The second-order valence-corrected chi connectivity index (χ2v) is 8.42. The number of hydrogen-bond acceptors (Lipinski definition) is 6. The Labute approximate surface area is 160 Å². The van der Waals surface area contributed by atoms with E-state index >= 15 is 0 Å². The first kappa shape index (κ1) is 18.0. The van der Waals surface area contributed by atoms with Crippen LogP contribution in [0, 0.1) is 6.92 Å². The predicted octanol–water partition coefficient (Wildman–Crippen LogP) is 3.04. The van der Waals surface area contributed by atoms with Gasteiger partial charge in [0.05, 0.1) is 17.6 Å². The number of hydrogen-bond donors (Lipinski definition) is 0. The molecule has 144 valence electrons. The summed E-state index contributed by atoms with van der Waals surface area (Å²) in [4.78, 5) is 9.51. The van der Waals surface area contributed by atoms with Crippen LogP contribution in [-0.2, 0) is 12.0 Å². The number of anilines is 1. The van der Waals surface area contributed by atoms with Crippen molar-refractivity contribution in [2.75, 3.05) is 31.1 Å². The molecule has 7 heteroatoms. The van der Waals surface area contributed by atoms with Gasteiger partial charge in [-0.05, 0) is 25.5 Å². The lowest BCUT2D eigenvalue weighted by molar-refractivity contribution is 0.273. The van der Waals surface area contributed by atoms with E-state index < -0.39 is 0 Å². The molecule has 0 saturated carbocycles. The lowest BCUT2D eigenvalue weighted by atomic mass is 9.93. The summed E-state index contributed by atoms with van der Waals surface area (Å²) in [5.74, 6) is 1.88. The van der Waals surface area contributed by atoms with Crippen LogP contribution in [0.1, 0.15) is 44.3 Å². The summed E-state index contributed by atoms with van der Waals surface area (Å²) in [5, 5.41) is 8.94. The minimum absolute atomic E-state index is 0.0242. The van der Waals surface area contributed by atoms with Gasteiger partial charge >= 0.3 is 0 Å². The number of aromatic nitrogens is 4. The van der Waals surface area contributed by atoms with Crippen molar-refractivity contribution >= 4 is 11.5 Å². The summed E-state index contributed by atoms with van der Waals surface area (Å²) in [6.45, 7) is 13.3. The second kappa shape index (κ2) is 6.96. The molecule has 1 saturated heterocycles. The molecule has 0 bridgehead atoms. The lowest BCUT2D eigenvalue weighted by Gasteiger charge is -2.22. The van der Waals surface area contributed by atoms with Crippen molar-refractivity contribution in [3.8, 4) is 0 Å². The van der Waals surface area contributed by atoms with Gasteiger partial charge in [0.1, 0.15) is 11.6 Å². The molecule has 4 heterocycles. The van der Waals surface area contributed by atoms with Crippen molar-refractivity contribution < 1.29 is 4.52 Å². The van der Waals surface area contributed by atoms with E-state index in [0.717, 1.165) is 67.8 Å². The van der Waals surface area contributed by atoms with E-state index in [0.29, 0.717) is 0 Å². The van der Waals surface area contributed by atoms with Crippen molar-refractivity contribution in [3.05, 3.63) is 41.5 Å². The Bertz CT molecular complexity index is 922. The minimum atomic E-state index is 0.0242. The highest BCUT2D eigenvalue weighted by Crippen LogP contribution is 2.22.